The van der Waals surface area contributed by atoms with Gasteiger partial charge < -0.3 is 65.4 Å². The summed E-state index contributed by atoms with van der Waals surface area (Å²) in [5.74, 6) is -1.80. The summed E-state index contributed by atoms with van der Waals surface area (Å²) in [4.78, 5) is 82.8. The molecule has 0 saturated heterocycles. The molecule has 0 fully saturated rings. The average Bonchev–Trinajstić information content (AvgIpc) is 3.58. The number of hydrogen-bond acceptors (Lipinski definition) is 17. The number of carboxylic acids is 2. The number of esters is 2. The molecule has 0 saturated carbocycles. The van der Waals surface area contributed by atoms with Gasteiger partial charge in [-0.2, -0.15) is 10.5 Å². The number of ether oxygens (including phenoxy) is 5. The monoisotopic (exact) mass is 1340 g/mol. The van der Waals surface area contributed by atoms with Gasteiger partial charge in [0.25, 0.3) is 0 Å². The van der Waals surface area contributed by atoms with Crippen molar-refractivity contribution in [1.29, 1.82) is 10.5 Å². The molecule has 0 unspecified atom stereocenters. The van der Waals surface area contributed by atoms with E-state index in [1.54, 1.807) is 80.1 Å². The maximum Gasteiger partial charge on any atom is 0.305 e. The molecule has 92 heavy (non-hydrogen) atoms. The fourth-order valence-electron chi connectivity index (χ4n) is 2.66. The Morgan fingerprint density at radius 1 is 0.467 bits per heavy atom. The molecule has 0 atom stereocenters. The van der Waals surface area contributed by atoms with E-state index in [4.69, 9.17) is 46.2 Å². The van der Waals surface area contributed by atoms with Gasteiger partial charge >= 0.3 is 23.9 Å². The zero-order valence-corrected chi connectivity index (χ0v) is 64.3. The number of hydrogen-bond donors (Lipinski definition) is 6. The van der Waals surface area contributed by atoms with Gasteiger partial charge in [-0.05, 0) is 84.5 Å². The molecule has 0 aliphatic heterocycles. The molecule has 0 rings (SSSR count). The van der Waals surface area contributed by atoms with Gasteiger partial charge in [0.1, 0.15) is 0 Å². The van der Waals surface area contributed by atoms with Crippen LogP contribution >= 0.6 is 0 Å². The van der Waals surface area contributed by atoms with Crippen LogP contribution in [0, 0.1) is 22.7 Å². The summed E-state index contributed by atoms with van der Waals surface area (Å²) in [6.45, 7) is 41.6. The van der Waals surface area contributed by atoms with Gasteiger partial charge in [0.15, 0.2) is 0 Å². The van der Waals surface area contributed by atoms with E-state index in [1.807, 2.05) is 87.5 Å². The topological polar surface area (TPSA) is 370 Å². The van der Waals surface area contributed by atoms with Crippen LogP contribution in [0.3, 0.4) is 0 Å². The summed E-state index contributed by atoms with van der Waals surface area (Å²) >= 11 is 0. The molecule has 0 aromatic carbocycles. The number of aliphatic hydroxyl groups excluding tert-OH is 2. The molecule has 0 aliphatic rings. The first-order chi connectivity index (χ1) is 43.3. The van der Waals surface area contributed by atoms with Crippen LogP contribution in [0.4, 0.5) is 0 Å². The fourth-order valence-corrected chi connectivity index (χ4v) is 2.66. The number of allylic oxidation sites excluding steroid dienone is 3. The largest absolute Gasteiger partial charge is 0.481 e. The van der Waals surface area contributed by atoms with E-state index in [9.17, 15) is 38.4 Å². The Bertz CT molecular complexity index is 1420. The molecule has 23 heteroatoms. The lowest BCUT2D eigenvalue weighted by Crippen LogP contribution is -2.20. The highest BCUT2D eigenvalue weighted by Crippen LogP contribution is 1.90. The second-order valence-corrected chi connectivity index (χ2v) is 17.7. The number of nitriles is 2. The normalized spacial score (nSPS) is 7.95. The Balaban J connectivity index is -0.0000000435. The van der Waals surface area contributed by atoms with Gasteiger partial charge in [0.05, 0.1) is 26.4 Å². The molecule has 0 radical (unpaired) electrons. The molecule has 0 aromatic heterocycles. The highest BCUT2D eigenvalue weighted by atomic mass is 16.5. The summed E-state index contributed by atoms with van der Waals surface area (Å²) < 4.78 is 22.6. The third-order valence-corrected chi connectivity index (χ3v) is 7.99. The third kappa shape index (κ3) is 344. The Morgan fingerprint density at radius 2 is 0.848 bits per heavy atom. The molecular weight excluding hydrogens is 1180 g/mol. The first-order valence-corrected chi connectivity index (χ1v) is 32.5. The number of methoxy groups -OCH3 is 5. The molecule has 0 bridgehead atoms. The van der Waals surface area contributed by atoms with E-state index in [2.05, 4.69) is 73.3 Å². The van der Waals surface area contributed by atoms with Crippen LogP contribution in [0.5, 0.6) is 0 Å². The fraction of sp³-hybridized carbons (Fsp3) is 0.797. The maximum absolute atomic E-state index is 10.7. The van der Waals surface area contributed by atoms with Gasteiger partial charge in [0.2, 0.25) is 23.6 Å². The smallest absolute Gasteiger partial charge is 0.305 e. The van der Waals surface area contributed by atoms with Crippen molar-refractivity contribution < 1.29 is 82.5 Å². The number of rotatable bonds is 24. The number of carbonyl (C=O) groups is 8. The van der Waals surface area contributed by atoms with Gasteiger partial charge in [0, 0.05) is 147 Å². The minimum Gasteiger partial charge on any atom is -0.481 e. The van der Waals surface area contributed by atoms with Gasteiger partial charge in [-0.25, -0.2) is 0 Å². The number of unbranched alkanes of at least 4 members (excludes halogenated alkanes) is 3. The van der Waals surface area contributed by atoms with E-state index >= 15 is 0 Å². The summed E-state index contributed by atoms with van der Waals surface area (Å²) in [7, 11) is 15.0. The Kier molecular flexibility index (Phi) is 221. The molecule has 558 valence electrons. The molecule has 23 nitrogen and oxygen atoms in total. The Labute approximate surface area is 565 Å². The van der Waals surface area contributed by atoms with Crippen LogP contribution in [0.15, 0.2) is 24.8 Å². The molecule has 0 aromatic rings. The Hall–Kier alpha value is -5.98. The number of carbonyl (C=O) groups excluding carboxylic acids is 6. The van der Waals surface area contributed by atoms with E-state index in [-0.39, 0.29) is 42.0 Å². The summed E-state index contributed by atoms with van der Waals surface area (Å²) in [6.07, 6.45) is 24.2. The van der Waals surface area contributed by atoms with Crippen molar-refractivity contribution in [1.82, 2.24) is 9.80 Å². The van der Waals surface area contributed by atoms with Crippen molar-refractivity contribution in [2.24, 2.45) is 11.5 Å². The minimum atomic E-state index is -0.745. The maximum atomic E-state index is 10.7. The van der Waals surface area contributed by atoms with Crippen molar-refractivity contribution in [2.45, 2.75) is 272 Å². The molecule has 8 N–H and O–H groups in total. The van der Waals surface area contributed by atoms with Crippen LogP contribution in [-0.2, 0) is 62.0 Å². The standard InChI is InChI=1S/C6H13NO.C5H11NO.C5H10O2.C5H12O.C5H10.C4H9NO.C4H7N.2C4H8O2.2C4H10O.C4H8.C3H7NO.C3H5N.C3H6O2.2C3H8O/c1-4-5-6(8)7(2)3;1-4-5(7)6(2)3;1-3-4-5(6)7-2;1-3-4-5-6-2;1-3-5-4-2;1-2-3-4(5)6;1-2-3-4-5;1-3-4(5)6-2;1-2-3-4(5)6;1-3-4-5-2;1-2-3-4-5;1-3-4-2;1-2-3(4)5;1-2-3-4;1-2-3(4)5;1-3-4-2;1-2-3-4/h4-5H2,1-3H3;4H2,1-3H3;3-4H2,1-2H3;3-5H2,1-2H3;3,5H,4H2,1-2H3;2-3H2,1H3,(H2,5,6);2-3H2,1H3;3H2,1-2H3;2-3H2,1H3,(H,5,6);3-4H2,1-2H3;5H,2-4H2,1H3;3H,1,4H2,2H3;2H2,1H3,(H2,4,5);2H2,1H3;2H2,1H3,(H,4,5);3H2,1-2H3;4H,2-3H2,1H3/b;;;;5-3+;;;;;;;;;;;;. The molecule has 0 heterocycles. The van der Waals surface area contributed by atoms with Crippen molar-refractivity contribution in [3.05, 3.63) is 24.8 Å². The number of nitrogens with two attached hydrogens (primary N) is 2. The highest BCUT2D eigenvalue weighted by molar-refractivity contribution is 5.75. The number of aliphatic carboxylic acids is 2. The number of aliphatic hydroxyl groups is 2. The van der Waals surface area contributed by atoms with E-state index < -0.39 is 11.9 Å². The van der Waals surface area contributed by atoms with Crippen LogP contribution < -0.4 is 11.5 Å². The number of primary amides is 2. The first-order valence-electron chi connectivity index (χ1n) is 32.5. The molecular formula is C69H150N6O17. The van der Waals surface area contributed by atoms with Crippen molar-refractivity contribution in [2.75, 3.05) is 96.8 Å². The second kappa shape index (κ2) is 156. The lowest BCUT2D eigenvalue weighted by atomic mass is 10.3. The van der Waals surface area contributed by atoms with Crippen LogP contribution in [-0.4, -0.2) is 175 Å². The van der Waals surface area contributed by atoms with Crippen LogP contribution in [0.1, 0.15) is 272 Å². The molecule has 4 amide bonds. The van der Waals surface area contributed by atoms with Crippen molar-refractivity contribution >= 4 is 47.5 Å². The predicted molar refractivity (Wildman–Crippen MR) is 384 cm³/mol. The highest BCUT2D eigenvalue weighted by Gasteiger charge is 1.99. The Morgan fingerprint density at radius 3 is 0.880 bits per heavy atom. The number of carboxylic acid groups (broad SMARTS) is 2. The van der Waals surface area contributed by atoms with E-state index in [0.29, 0.717) is 71.0 Å². The summed E-state index contributed by atoms with van der Waals surface area (Å²) in [5, 5.41) is 47.0. The quantitative estimate of drug-likeness (QED) is 0.0297. The van der Waals surface area contributed by atoms with Crippen molar-refractivity contribution in [3.63, 3.8) is 0 Å². The number of amides is 4. The van der Waals surface area contributed by atoms with E-state index in [1.165, 1.54) is 27.1 Å². The minimum absolute atomic E-state index is 0.123. The molecule has 0 spiro atoms. The SMILES string of the molecule is C/C=C/CC.C=CCC.CCC#N.CCC(=O)N(C)C.CCC(=O)O.CCC(=O)OC.CCC(N)=O.CCCC#N.CCCC(=O)N(C)C.CCCC(=O)O.CCCC(=O)OC.CCCC(N)=O.CCCCO.CCCCOC.CCCO.CCCOC.CCOC. The first kappa shape index (κ1) is 131. The molecule has 0 aliphatic carbocycles. The number of nitrogens with zero attached hydrogens (tertiary/aromatic N) is 4. The lowest BCUT2D eigenvalue weighted by Gasteiger charge is -2.07. The van der Waals surface area contributed by atoms with Crippen molar-refractivity contribution in [3.8, 4) is 12.1 Å². The summed E-state index contributed by atoms with van der Waals surface area (Å²) in [5.41, 5.74) is 9.42. The average molecular weight is 1340 g/mol. The summed E-state index contributed by atoms with van der Waals surface area (Å²) in [6, 6.07) is 3.95. The lowest BCUT2D eigenvalue weighted by molar-refractivity contribution is -0.141. The zero-order chi connectivity index (χ0) is 76.6. The van der Waals surface area contributed by atoms with Gasteiger partial charge in [-0.1, -0.05) is 142 Å². The van der Waals surface area contributed by atoms with Crippen LogP contribution in [0.2, 0.25) is 0 Å². The predicted octanol–water partition coefficient (Wildman–Crippen LogP) is 14.5. The third-order valence-electron chi connectivity index (χ3n) is 7.99. The van der Waals surface area contributed by atoms with Gasteiger partial charge in [-0.3, -0.25) is 38.4 Å². The zero-order valence-electron chi connectivity index (χ0n) is 64.3. The van der Waals surface area contributed by atoms with Crippen LogP contribution in [0.25, 0.3) is 0 Å². The second-order valence-electron chi connectivity index (χ2n) is 17.7. The van der Waals surface area contributed by atoms with E-state index in [0.717, 1.165) is 90.4 Å². The van der Waals surface area contributed by atoms with Gasteiger partial charge in [-0.15, -0.1) is 6.58 Å².